The zero-order chi connectivity index (χ0) is 20.0. The minimum Gasteiger partial charge on any atom is -0.507 e. The van der Waals surface area contributed by atoms with Gasteiger partial charge in [0.25, 0.3) is 0 Å². The highest BCUT2D eigenvalue weighted by Crippen LogP contribution is 2.33. The van der Waals surface area contributed by atoms with Crippen molar-refractivity contribution in [2.24, 2.45) is 0 Å². The van der Waals surface area contributed by atoms with Crippen LogP contribution in [0, 0.1) is 0 Å². The van der Waals surface area contributed by atoms with Gasteiger partial charge < -0.3 is 15.0 Å². The molecular formula is C21H24ClN7O. The molecule has 0 amide bonds. The van der Waals surface area contributed by atoms with Gasteiger partial charge in [0, 0.05) is 34.8 Å². The lowest BCUT2D eigenvalue weighted by atomic mass is 9.89. The maximum atomic E-state index is 10.5. The molecule has 0 radical (unpaired) electrons. The van der Waals surface area contributed by atoms with Crippen molar-refractivity contribution in [3.63, 3.8) is 0 Å². The van der Waals surface area contributed by atoms with E-state index in [0.717, 1.165) is 36.1 Å². The number of piperidine rings is 1. The number of hydrogen-bond acceptors (Lipinski definition) is 6. The van der Waals surface area contributed by atoms with Gasteiger partial charge in [-0.3, -0.25) is 0 Å². The predicted molar refractivity (Wildman–Crippen MR) is 117 cm³/mol. The van der Waals surface area contributed by atoms with Crippen LogP contribution in [0.25, 0.3) is 28.0 Å². The van der Waals surface area contributed by atoms with E-state index in [0.29, 0.717) is 17.3 Å². The van der Waals surface area contributed by atoms with Crippen molar-refractivity contribution in [2.75, 3.05) is 6.54 Å². The maximum Gasteiger partial charge on any atom is 0.162 e. The average Bonchev–Trinajstić information content (AvgIpc) is 3.37. The number of halogens is 1. The summed E-state index contributed by atoms with van der Waals surface area (Å²) in [5.74, 6) is 0.131. The monoisotopic (exact) mass is 425 g/mol. The van der Waals surface area contributed by atoms with Crippen LogP contribution in [0.3, 0.4) is 0 Å². The number of phenols is 1. The number of rotatable bonds is 3. The SMILES string of the molecule is CC1(C)C[C@H](n2ccc3cc(-c4ccc(-n5ccnn5)cc4O)nnc32)CCN1.Cl. The number of phenolic OH excluding ortho intramolecular Hbond substituents is 1. The molecule has 5 rings (SSSR count). The third-order valence-electron chi connectivity index (χ3n) is 5.63. The molecule has 0 spiro atoms. The lowest BCUT2D eigenvalue weighted by Crippen LogP contribution is -2.46. The van der Waals surface area contributed by atoms with Crippen LogP contribution in [0.2, 0.25) is 0 Å². The van der Waals surface area contributed by atoms with Crippen molar-refractivity contribution in [3.8, 4) is 22.7 Å². The Morgan fingerprint density at radius 3 is 2.73 bits per heavy atom. The second-order valence-electron chi connectivity index (χ2n) is 8.24. The van der Waals surface area contributed by atoms with Gasteiger partial charge in [-0.2, -0.15) is 0 Å². The quantitative estimate of drug-likeness (QED) is 0.521. The topological polar surface area (TPSA) is 93.7 Å². The minimum absolute atomic E-state index is 0. The van der Waals surface area contributed by atoms with Crippen LogP contribution in [0.4, 0.5) is 0 Å². The second-order valence-corrected chi connectivity index (χ2v) is 8.24. The molecule has 4 heterocycles. The second kappa shape index (κ2) is 7.70. The molecule has 1 atom stereocenters. The maximum absolute atomic E-state index is 10.5. The summed E-state index contributed by atoms with van der Waals surface area (Å²) >= 11 is 0. The van der Waals surface area contributed by atoms with Gasteiger partial charge >= 0.3 is 0 Å². The van der Waals surface area contributed by atoms with Crippen LogP contribution in [0.15, 0.2) is 48.9 Å². The van der Waals surface area contributed by atoms with E-state index in [1.807, 2.05) is 18.2 Å². The van der Waals surface area contributed by atoms with E-state index in [9.17, 15) is 5.11 Å². The van der Waals surface area contributed by atoms with Crippen molar-refractivity contribution in [1.82, 2.24) is 35.1 Å². The van der Waals surface area contributed by atoms with Crippen LogP contribution in [0.1, 0.15) is 32.7 Å². The molecule has 2 N–H and O–H groups in total. The summed E-state index contributed by atoms with van der Waals surface area (Å²) in [6.45, 7) is 5.47. The van der Waals surface area contributed by atoms with Gasteiger partial charge in [-0.15, -0.1) is 27.7 Å². The Kier molecular flexibility index (Phi) is 5.21. The molecule has 0 saturated carbocycles. The zero-order valence-corrected chi connectivity index (χ0v) is 17.7. The summed E-state index contributed by atoms with van der Waals surface area (Å²) in [5, 5.41) is 31.8. The molecule has 156 valence electrons. The summed E-state index contributed by atoms with van der Waals surface area (Å²) in [4.78, 5) is 0. The first-order valence-electron chi connectivity index (χ1n) is 9.80. The van der Waals surface area contributed by atoms with E-state index in [1.54, 1.807) is 23.1 Å². The Hall–Kier alpha value is -2.97. The molecule has 9 heteroatoms. The van der Waals surface area contributed by atoms with E-state index < -0.39 is 0 Å². The van der Waals surface area contributed by atoms with Gasteiger partial charge in [-0.05, 0) is 57.5 Å². The Morgan fingerprint density at radius 1 is 1.13 bits per heavy atom. The largest absolute Gasteiger partial charge is 0.507 e. The molecule has 0 aliphatic carbocycles. The fourth-order valence-electron chi connectivity index (χ4n) is 4.18. The van der Waals surface area contributed by atoms with E-state index >= 15 is 0 Å². The molecule has 8 nitrogen and oxygen atoms in total. The number of hydrogen-bond donors (Lipinski definition) is 2. The minimum atomic E-state index is 0. The molecule has 1 fully saturated rings. The van der Waals surface area contributed by atoms with Crippen molar-refractivity contribution in [1.29, 1.82) is 0 Å². The van der Waals surface area contributed by atoms with Gasteiger partial charge in [-0.1, -0.05) is 5.21 Å². The van der Waals surface area contributed by atoms with Gasteiger partial charge in [0.2, 0.25) is 0 Å². The standard InChI is InChI=1S/C21H23N7O.ClH/c1-21(2)13-16(5-7-22-21)27-9-6-14-11-18(24-25-20(14)27)17-4-3-15(12-19(17)29)28-10-8-23-26-28;/h3-4,6,8-12,16,22,29H,5,7,13H2,1-2H3;1H/t16-;/m1./s1. The van der Waals surface area contributed by atoms with Crippen LogP contribution in [0.5, 0.6) is 5.75 Å². The molecular weight excluding hydrogens is 402 g/mol. The van der Waals surface area contributed by atoms with Gasteiger partial charge in [0.1, 0.15) is 5.75 Å². The third-order valence-corrected chi connectivity index (χ3v) is 5.63. The highest BCUT2D eigenvalue weighted by molar-refractivity contribution is 5.85. The average molecular weight is 426 g/mol. The fraction of sp³-hybridized carbons (Fsp3) is 0.333. The van der Waals surface area contributed by atoms with Crippen molar-refractivity contribution in [3.05, 3.63) is 48.9 Å². The first-order valence-corrected chi connectivity index (χ1v) is 9.80. The third kappa shape index (κ3) is 3.64. The molecule has 1 aromatic carbocycles. The van der Waals surface area contributed by atoms with Gasteiger partial charge in [0.15, 0.2) is 5.65 Å². The number of aromatic hydroxyl groups is 1. The number of benzene rings is 1. The molecule has 30 heavy (non-hydrogen) atoms. The van der Waals surface area contributed by atoms with Gasteiger partial charge in [-0.25, -0.2) is 4.68 Å². The molecule has 1 aliphatic heterocycles. The summed E-state index contributed by atoms with van der Waals surface area (Å²) in [6, 6.07) is 9.81. The summed E-state index contributed by atoms with van der Waals surface area (Å²) < 4.78 is 3.83. The lowest BCUT2D eigenvalue weighted by Gasteiger charge is -2.37. The zero-order valence-electron chi connectivity index (χ0n) is 16.9. The Bertz CT molecular complexity index is 1170. The molecule has 0 unspecified atom stereocenters. The first-order chi connectivity index (χ1) is 14.0. The fourth-order valence-corrected chi connectivity index (χ4v) is 4.18. The molecule has 1 saturated heterocycles. The van der Waals surface area contributed by atoms with Crippen molar-refractivity contribution >= 4 is 23.4 Å². The Morgan fingerprint density at radius 2 is 2.00 bits per heavy atom. The van der Waals surface area contributed by atoms with E-state index in [2.05, 4.69) is 56.5 Å². The van der Waals surface area contributed by atoms with E-state index in [-0.39, 0.29) is 23.7 Å². The molecule has 0 bridgehead atoms. The Balaban J connectivity index is 0.00000218. The predicted octanol–water partition coefficient (Wildman–Crippen LogP) is 3.51. The normalized spacial score (nSPS) is 18.3. The number of aromatic nitrogens is 6. The summed E-state index contributed by atoms with van der Waals surface area (Å²) in [7, 11) is 0. The van der Waals surface area contributed by atoms with Crippen molar-refractivity contribution in [2.45, 2.75) is 38.3 Å². The Labute approximate surface area is 180 Å². The van der Waals surface area contributed by atoms with Crippen LogP contribution in [-0.2, 0) is 0 Å². The van der Waals surface area contributed by atoms with Gasteiger partial charge in [0.05, 0.1) is 23.8 Å². The summed E-state index contributed by atoms with van der Waals surface area (Å²) in [5.41, 5.74) is 3.01. The summed E-state index contributed by atoms with van der Waals surface area (Å²) in [6.07, 6.45) is 7.54. The smallest absolute Gasteiger partial charge is 0.162 e. The van der Waals surface area contributed by atoms with Crippen molar-refractivity contribution < 1.29 is 5.11 Å². The first kappa shape index (κ1) is 20.3. The highest BCUT2D eigenvalue weighted by atomic mass is 35.5. The molecule has 1 aliphatic rings. The van der Waals surface area contributed by atoms with E-state index in [1.165, 1.54) is 0 Å². The number of nitrogens with one attached hydrogen (secondary N) is 1. The van der Waals surface area contributed by atoms with Crippen LogP contribution < -0.4 is 5.32 Å². The lowest BCUT2D eigenvalue weighted by molar-refractivity contribution is 0.235. The number of nitrogens with zero attached hydrogens (tertiary/aromatic N) is 6. The van der Waals surface area contributed by atoms with Crippen LogP contribution >= 0.6 is 12.4 Å². The highest BCUT2D eigenvalue weighted by Gasteiger charge is 2.29. The number of fused-ring (bicyclic) bond motifs is 1. The molecule has 3 aromatic heterocycles. The molecule has 4 aromatic rings. The van der Waals surface area contributed by atoms with Crippen LogP contribution in [-0.4, -0.2) is 46.9 Å². The van der Waals surface area contributed by atoms with E-state index in [4.69, 9.17) is 0 Å².